The molecule has 0 saturated heterocycles. The lowest BCUT2D eigenvalue weighted by molar-refractivity contribution is 1.18. The summed E-state index contributed by atoms with van der Waals surface area (Å²) < 4.78 is 2.36. The van der Waals surface area contributed by atoms with Gasteiger partial charge in [0.15, 0.2) is 0 Å². The van der Waals surface area contributed by atoms with Crippen LogP contribution in [-0.2, 0) is 0 Å². The van der Waals surface area contributed by atoms with Crippen molar-refractivity contribution in [1.29, 1.82) is 0 Å². The van der Waals surface area contributed by atoms with E-state index in [2.05, 4.69) is 108 Å². The average molecular weight is 430 g/mol. The van der Waals surface area contributed by atoms with Gasteiger partial charge >= 0.3 is 0 Å². The quantitative estimate of drug-likeness (QED) is 0.265. The molecule has 0 N–H and O–H groups in total. The number of benzene rings is 5. The highest BCUT2D eigenvalue weighted by Crippen LogP contribution is 2.39. The number of para-hydroxylation sites is 3. The van der Waals surface area contributed by atoms with Crippen LogP contribution in [0.3, 0.4) is 0 Å². The fourth-order valence-corrected chi connectivity index (χ4v) is 4.92. The molecule has 0 aliphatic carbocycles. The van der Waals surface area contributed by atoms with Gasteiger partial charge in [0, 0.05) is 32.6 Å². The van der Waals surface area contributed by atoms with Gasteiger partial charge in [-0.05, 0) is 35.4 Å². The molecule has 1 nitrogen and oxygen atoms in total. The van der Waals surface area contributed by atoms with Crippen molar-refractivity contribution in [3.8, 4) is 27.9 Å². The summed E-state index contributed by atoms with van der Waals surface area (Å²) in [6, 6.07) is 42.4. The zero-order valence-corrected chi connectivity index (χ0v) is 18.1. The van der Waals surface area contributed by atoms with E-state index >= 15 is 0 Å². The molecule has 1 aromatic heterocycles. The molecule has 0 saturated carbocycles. The highest BCUT2D eigenvalue weighted by Gasteiger charge is 2.16. The molecule has 0 aliphatic rings. The Morgan fingerprint density at radius 3 is 1.97 bits per heavy atom. The Balaban J connectivity index is 1.64. The van der Waals surface area contributed by atoms with Crippen molar-refractivity contribution in [3.05, 3.63) is 126 Å². The van der Waals surface area contributed by atoms with E-state index in [1.165, 1.54) is 27.4 Å². The minimum Gasteiger partial charge on any atom is -0.309 e. The Morgan fingerprint density at radius 1 is 0.500 bits per heavy atom. The zero-order chi connectivity index (χ0) is 21.5. The maximum Gasteiger partial charge on any atom is 0.0619 e. The largest absolute Gasteiger partial charge is 0.309 e. The van der Waals surface area contributed by atoms with Crippen LogP contribution in [0.2, 0.25) is 5.02 Å². The van der Waals surface area contributed by atoms with Crippen LogP contribution in [0, 0.1) is 0 Å². The van der Waals surface area contributed by atoms with Gasteiger partial charge in [0.2, 0.25) is 0 Å². The van der Waals surface area contributed by atoms with E-state index in [0.717, 1.165) is 27.4 Å². The fourth-order valence-electron chi connectivity index (χ4n) is 4.63. The van der Waals surface area contributed by atoms with Gasteiger partial charge in [-0.2, -0.15) is 0 Å². The van der Waals surface area contributed by atoms with Gasteiger partial charge in [-0.25, -0.2) is 0 Å². The monoisotopic (exact) mass is 429 g/mol. The molecule has 0 spiro atoms. The van der Waals surface area contributed by atoms with Crippen molar-refractivity contribution in [2.24, 2.45) is 0 Å². The van der Waals surface area contributed by atoms with E-state index in [1.54, 1.807) is 0 Å². The topological polar surface area (TPSA) is 4.93 Å². The number of halogens is 1. The molecule has 0 bridgehead atoms. The van der Waals surface area contributed by atoms with E-state index in [4.69, 9.17) is 11.6 Å². The molecule has 0 aliphatic heterocycles. The van der Waals surface area contributed by atoms with Gasteiger partial charge in [-0.3, -0.25) is 0 Å². The molecule has 0 fully saturated rings. The standard InChI is InChI=1S/C30H20ClN/c31-28-20-22(18-19-24(28)21-10-3-1-4-11-21)25-15-9-16-27-26-14-7-8-17-29(26)32(30(25)27)23-12-5-2-6-13-23/h1-20H. The predicted molar refractivity (Wildman–Crippen MR) is 137 cm³/mol. The summed E-state index contributed by atoms with van der Waals surface area (Å²) in [7, 11) is 0. The molecule has 1 heterocycles. The van der Waals surface area contributed by atoms with Crippen LogP contribution in [0.5, 0.6) is 0 Å². The Labute approximate surface area is 192 Å². The minimum atomic E-state index is 0.757. The first-order chi connectivity index (χ1) is 15.8. The van der Waals surface area contributed by atoms with E-state index in [1.807, 2.05) is 18.2 Å². The molecule has 32 heavy (non-hydrogen) atoms. The second kappa shape index (κ2) is 7.71. The minimum absolute atomic E-state index is 0.757. The number of aromatic nitrogens is 1. The van der Waals surface area contributed by atoms with Gasteiger partial charge in [-0.1, -0.05) is 109 Å². The summed E-state index contributed by atoms with van der Waals surface area (Å²) in [6.45, 7) is 0. The Hall–Kier alpha value is -3.81. The van der Waals surface area contributed by atoms with Crippen LogP contribution >= 0.6 is 11.6 Å². The van der Waals surface area contributed by atoms with Gasteiger partial charge < -0.3 is 4.57 Å². The van der Waals surface area contributed by atoms with Crippen molar-refractivity contribution in [1.82, 2.24) is 4.57 Å². The van der Waals surface area contributed by atoms with E-state index < -0.39 is 0 Å². The lowest BCUT2D eigenvalue weighted by Gasteiger charge is -2.13. The third kappa shape index (κ3) is 3.02. The highest BCUT2D eigenvalue weighted by atomic mass is 35.5. The molecule has 0 atom stereocenters. The Kier molecular flexibility index (Phi) is 4.56. The summed E-state index contributed by atoms with van der Waals surface area (Å²) in [5, 5.41) is 3.25. The Bertz CT molecular complexity index is 1560. The summed E-state index contributed by atoms with van der Waals surface area (Å²) in [5.74, 6) is 0. The molecule has 2 heteroatoms. The lowest BCUT2D eigenvalue weighted by atomic mass is 9.98. The number of rotatable bonds is 3. The van der Waals surface area contributed by atoms with Crippen molar-refractivity contribution >= 4 is 33.4 Å². The van der Waals surface area contributed by atoms with E-state index in [9.17, 15) is 0 Å². The third-order valence-electron chi connectivity index (χ3n) is 6.07. The van der Waals surface area contributed by atoms with Crippen molar-refractivity contribution in [2.45, 2.75) is 0 Å². The Morgan fingerprint density at radius 2 is 1.19 bits per heavy atom. The van der Waals surface area contributed by atoms with E-state index in [0.29, 0.717) is 0 Å². The first-order valence-corrected chi connectivity index (χ1v) is 11.1. The molecule has 6 aromatic rings. The SMILES string of the molecule is Clc1cc(-c2cccc3c4ccccc4n(-c4ccccc4)c23)ccc1-c1ccccc1. The molecular weight excluding hydrogens is 410 g/mol. The molecule has 6 rings (SSSR count). The van der Waals surface area contributed by atoms with Gasteiger partial charge in [0.25, 0.3) is 0 Å². The fraction of sp³-hybridized carbons (Fsp3) is 0. The molecule has 0 radical (unpaired) electrons. The van der Waals surface area contributed by atoms with Crippen LogP contribution in [0.15, 0.2) is 121 Å². The normalized spacial score (nSPS) is 11.3. The molecule has 5 aromatic carbocycles. The molecule has 0 amide bonds. The second-order valence-corrected chi connectivity index (χ2v) is 8.36. The first kappa shape index (κ1) is 18.9. The zero-order valence-electron chi connectivity index (χ0n) is 17.4. The maximum absolute atomic E-state index is 6.79. The van der Waals surface area contributed by atoms with Gasteiger partial charge in [0.1, 0.15) is 0 Å². The summed E-state index contributed by atoms with van der Waals surface area (Å²) in [5.41, 5.74) is 8.01. The maximum atomic E-state index is 6.79. The van der Waals surface area contributed by atoms with Crippen LogP contribution in [-0.4, -0.2) is 4.57 Å². The van der Waals surface area contributed by atoms with Gasteiger partial charge in [-0.15, -0.1) is 0 Å². The summed E-state index contributed by atoms with van der Waals surface area (Å²) >= 11 is 6.79. The molecular formula is C30H20ClN. The summed E-state index contributed by atoms with van der Waals surface area (Å²) in [6.07, 6.45) is 0. The van der Waals surface area contributed by atoms with Crippen molar-refractivity contribution < 1.29 is 0 Å². The smallest absolute Gasteiger partial charge is 0.0619 e. The van der Waals surface area contributed by atoms with Crippen LogP contribution in [0.1, 0.15) is 0 Å². The van der Waals surface area contributed by atoms with Crippen LogP contribution < -0.4 is 0 Å². The number of hydrogen-bond acceptors (Lipinski definition) is 0. The number of fused-ring (bicyclic) bond motifs is 3. The van der Waals surface area contributed by atoms with Crippen LogP contribution in [0.25, 0.3) is 49.7 Å². The summed E-state index contributed by atoms with van der Waals surface area (Å²) in [4.78, 5) is 0. The molecule has 152 valence electrons. The number of nitrogens with zero attached hydrogens (tertiary/aromatic N) is 1. The van der Waals surface area contributed by atoms with Crippen molar-refractivity contribution in [2.75, 3.05) is 0 Å². The average Bonchev–Trinajstić information content (AvgIpc) is 3.20. The lowest BCUT2D eigenvalue weighted by Crippen LogP contribution is -1.95. The highest BCUT2D eigenvalue weighted by molar-refractivity contribution is 6.33. The predicted octanol–water partition coefficient (Wildman–Crippen LogP) is 8.77. The third-order valence-corrected chi connectivity index (χ3v) is 6.39. The molecule has 0 unspecified atom stereocenters. The number of hydrogen-bond donors (Lipinski definition) is 0. The van der Waals surface area contributed by atoms with Gasteiger partial charge in [0.05, 0.1) is 11.0 Å². The van der Waals surface area contributed by atoms with E-state index in [-0.39, 0.29) is 0 Å². The second-order valence-electron chi connectivity index (χ2n) is 7.95. The van der Waals surface area contributed by atoms with Crippen molar-refractivity contribution in [3.63, 3.8) is 0 Å². The van der Waals surface area contributed by atoms with Crippen LogP contribution in [0.4, 0.5) is 0 Å². The first-order valence-electron chi connectivity index (χ1n) is 10.7.